The van der Waals surface area contributed by atoms with E-state index in [0.29, 0.717) is 0 Å². The number of rotatable bonds is 1. The van der Waals surface area contributed by atoms with Gasteiger partial charge in [0.15, 0.2) is 0 Å². The molecule has 1 aliphatic heterocycles. The highest BCUT2D eigenvalue weighted by Crippen LogP contribution is 2.43. The molecular weight excluding hydrogens is 308 g/mol. The molecule has 2 heterocycles. The van der Waals surface area contributed by atoms with E-state index >= 15 is 0 Å². The third-order valence-electron chi connectivity index (χ3n) is 5.68. The van der Waals surface area contributed by atoms with Gasteiger partial charge in [0.25, 0.3) is 0 Å². The highest BCUT2D eigenvalue weighted by molar-refractivity contribution is 5.81. The van der Waals surface area contributed by atoms with E-state index in [0.717, 1.165) is 43.9 Å². The van der Waals surface area contributed by atoms with Gasteiger partial charge in [0.2, 0.25) is 0 Å². The van der Waals surface area contributed by atoms with E-state index in [1.807, 2.05) is 0 Å². The standard InChI is InChI=1S/C22H22N2O/c1-16-14-18-7-3-5-9-20(18)23-21(16)24-12-13-25-22(15-24)11-10-17-6-2-4-8-19(17)22/h2-9,14H,10-13,15H2,1H3. The van der Waals surface area contributed by atoms with Crippen LogP contribution in [0.4, 0.5) is 5.82 Å². The predicted molar refractivity (Wildman–Crippen MR) is 101 cm³/mol. The third kappa shape index (κ3) is 2.34. The van der Waals surface area contributed by atoms with Gasteiger partial charge in [-0.3, -0.25) is 0 Å². The number of hydrogen-bond donors (Lipinski definition) is 0. The maximum absolute atomic E-state index is 6.36. The topological polar surface area (TPSA) is 25.4 Å². The molecule has 1 spiro atoms. The van der Waals surface area contributed by atoms with Crippen molar-refractivity contribution in [3.8, 4) is 0 Å². The molecule has 1 fully saturated rings. The minimum absolute atomic E-state index is 0.172. The second-order valence-corrected chi connectivity index (χ2v) is 7.24. The van der Waals surface area contributed by atoms with Crippen molar-refractivity contribution in [2.45, 2.75) is 25.4 Å². The van der Waals surface area contributed by atoms with Crippen molar-refractivity contribution in [3.63, 3.8) is 0 Å². The number of aryl methyl sites for hydroxylation is 2. The Labute approximate surface area is 148 Å². The molecule has 0 bridgehead atoms. The number of para-hydroxylation sites is 1. The van der Waals surface area contributed by atoms with E-state index in [1.54, 1.807) is 0 Å². The third-order valence-corrected chi connectivity index (χ3v) is 5.68. The van der Waals surface area contributed by atoms with Crippen LogP contribution in [0.2, 0.25) is 0 Å². The second kappa shape index (κ2) is 5.57. The first-order chi connectivity index (χ1) is 12.3. The summed E-state index contributed by atoms with van der Waals surface area (Å²) in [5.74, 6) is 1.10. The number of pyridine rings is 1. The molecule has 1 aliphatic carbocycles. The molecule has 5 rings (SSSR count). The van der Waals surface area contributed by atoms with Crippen LogP contribution in [0.5, 0.6) is 0 Å². The van der Waals surface area contributed by atoms with Gasteiger partial charge in [-0.05, 0) is 48.6 Å². The van der Waals surface area contributed by atoms with Crippen LogP contribution in [0.3, 0.4) is 0 Å². The zero-order valence-corrected chi connectivity index (χ0v) is 14.5. The molecular formula is C22H22N2O. The van der Waals surface area contributed by atoms with E-state index in [-0.39, 0.29) is 5.60 Å². The van der Waals surface area contributed by atoms with Crippen LogP contribution in [0.25, 0.3) is 10.9 Å². The number of fused-ring (bicyclic) bond motifs is 3. The highest BCUT2D eigenvalue weighted by Gasteiger charge is 2.43. The molecule has 1 saturated heterocycles. The molecule has 126 valence electrons. The van der Waals surface area contributed by atoms with Crippen LogP contribution in [-0.2, 0) is 16.8 Å². The fraction of sp³-hybridized carbons (Fsp3) is 0.318. The van der Waals surface area contributed by atoms with Gasteiger partial charge >= 0.3 is 0 Å². The van der Waals surface area contributed by atoms with Gasteiger partial charge in [0, 0.05) is 11.9 Å². The van der Waals surface area contributed by atoms with Gasteiger partial charge in [0.05, 0.1) is 18.7 Å². The van der Waals surface area contributed by atoms with Crippen molar-refractivity contribution in [1.82, 2.24) is 4.98 Å². The SMILES string of the molecule is Cc1cc2ccccc2nc1N1CCOC2(CCc3ccccc32)C1. The van der Waals surface area contributed by atoms with Gasteiger partial charge < -0.3 is 9.64 Å². The summed E-state index contributed by atoms with van der Waals surface area (Å²) in [6.45, 7) is 4.70. The second-order valence-electron chi connectivity index (χ2n) is 7.24. The van der Waals surface area contributed by atoms with Crippen molar-refractivity contribution in [3.05, 3.63) is 71.3 Å². The molecule has 1 aromatic heterocycles. The van der Waals surface area contributed by atoms with Crippen molar-refractivity contribution in [1.29, 1.82) is 0 Å². The van der Waals surface area contributed by atoms with Crippen molar-refractivity contribution in [2.24, 2.45) is 0 Å². The number of aromatic nitrogens is 1. The van der Waals surface area contributed by atoms with Crippen molar-refractivity contribution in [2.75, 3.05) is 24.6 Å². The summed E-state index contributed by atoms with van der Waals surface area (Å²) >= 11 is 0. The Kier molecular flexibility index (Phi) is 3.32. The maximum Gasteiger partial charge on any atom is 0.132 e. The Morgan fingerprint density at radius 1 is 1.08 bits per heavy atom. The first kappa shape index (κ1) is 14.9. The molecule has 25 heavy (non-hydrogen) atoms. The van der Waals surface area contributed by atoms with Crippen molar-refractivity contribution >= 4 is 16.7 Å². The lowest BCUT2D eigenvalue weighted by Crippen LogP contribution is -2.49. The van der Waals surface area contributed by atoms with E-state index in [9.17, 15) is 0 Å². The van der Waals surface area contributed by atoms with Crippen LogP contribution in [-0.4, -0.2) is 24.7 Å². The zero-order chi connectivity index (χ0) is 16.9. The molecule has 0 radical (unpaired) electrons. The van der Waals surface area contributed by atoms with Crippen LogP contribution in [0.1, 0.15) is 23.1 Å². The molecule has 3 nitrogen and oxygen atoms in total. The number of nitrogens with zero attached hydrogens (tertiary/aromatic N) is 2. The normalized spacial score (nSPS) is 22.5. The van der Waals surface area contributed by atoms with Gasteiger partial charge in [-0.1, -0.05) is 42.5 Å². The average Bonchev–Trinajstić information content (AvgIpc) is 2.99. The minimum Gasteiger partial charge on any atom is -0.367 e. The minimum atomic E-state index is -0.172. The monoisotopic (exact) mass is 330 g/mol. The molecule has 0 amide bonds. The van der Waals surface area contributed by atoms with Gasteiger partial charge in [-0.2, -0.15) is 0 Å². The summed E-state index contributed by atoms with van der Waals surface area (Å²) in [6.07, 6.45) is 2.17. The smallest absolute Gasteiger partial charge is 0.132 e. The molecule has 3 heteroatoms. The average molecular weight is 330 g/mol. The summed E-state index contributed by atoms with van der Waals surface area (Å²) in [5, 5.41) is 1.21. The lowest BCUT2D eigenvalue weighted by molar-refractivity contribution is -0.0594. The molecule has 3 aromatic rings. The Hall–Kier alpha value is -2.39. The van der Waals surface area contributed by atoms with Crippen LogP contribution in [0.15, 0.2) is 54.6 Å². The molecule has 2 aliphatic rings. The van der Waals surface area contributed by atoms with E-state index in [2.05, 4.69) is 66.4 Å². The maximum atomic E-state index is 6.36. The molecule has 1 unspecified atom stereocenters. The van der Waals surface area contributed by atoms with E-state index < -0.39 is 0 Å². The Bertz CT molecular complexity index is 948. The number of ether oxygens (including phenoxy) is 1. The van der Waals surface area contributed by atoms with Gasteiger partial charge in [-0.15, -0.1) is 0 Å². The lowest BCUT2D eigenvalue weighted by atomic mass is 9.93. The van der Waals surface area contributed by atoms with Crippen LogP contribution >= 0.6 is 0 Å². The Balaban J connectivity index is 1.55. The highest BCUT2D eigenvalue weighted by atomic mass is 16.5. The molecule has 2 aromatic carbocycles. The number of hydrogen-bond acceptors (Lipinski definition) is 3. The summed E-state index contributed by atoms with van der Waals surface area (Å²) in [6, 6.07) is 19.4. The molecule has 1 atom stereocenters. The summed E-state index contributed by atoms with van der Waals surface area (Å²) in [4.78, 5) is 7.40. The quantitative estimate of drug-likeness (QED) is 0.668. The molecule has 0 N–H and O–H groups in total. The largest absolute Gasteiger partial charge is 0.367 e. The molecule has 0 saturated carbocycles. The zero-order valence-electron chi connectivity index (χ0n) is 14.5. The lowest BCUT2D eigenvalue weighted by Gasteiger charge is -2.42. The van der Waals surface area contributed by atoms with E-state index in [1.165, 1.54) is 22.1 Å². The van der Waals surface area contributed by atoms with Crippen LogP contribution in [0, 0.1) is 6.92 Å². The predicted octanol–water partition coefficient (Wildman–Crippen LogP) is 4.22. The summed E-state index contributed by atoms with van der Waals surface area (Å²) in [7, 11) is 0. The number of benzene rings is 2. The van der Waals surface area contributed by atoms with Crippen molar-refractivity contribution < 1.29 is 4.74 Å². The summed E-state index contributed by atoms with van der Waals surface area (Å²) in [5.41, 5.74) is 4.94. The Morgan fingerprint density at radius 3 is 2.88 bits per heavy atom. The van der Waals surface area contributed by atoms with Gasteiger partial charge in [-0.25, -0.2) is 4.98 Å². The van der Waals surface area contributed by atoms with Crippen LogP contribution < -0.4 is 4.90 Å². The fourth-order valence-electron chi connectivity index (χ4n) is 4.46. The fourth-order valence-corrected chi connectivity index (χ4v) is 4.46. The Morgan fingerprint density at radius 2 is 1.92 bits per heavy atom. The first-order valence-electron chi connectivity index (χ1n) is 9.09. The van der Waals surface area contributed by atoms with E-state index in [4.69, 9.17) is 9.72 Å². The summed E-state index contributed by atoms with van der Waals surface area (Å²) < 4.78 is 6.36. The number of anilines is 1. The first-order valence-corrected chi connectivity index (χ1v) is 9.09. The van der Waals surface area contributed by atoms with Gasteiger partial charge in [0.1, 0.15) is 11.4 Å². The number of morpholine rings is 1.